The Morgan fingerprint density at radius 1 is 1.36 bits per heavy atom. The van der Waals surface area contributed by atoms with Gasteiger partial charge in [0.05, 0.1) is 5.29 Å². The third-order valence-electron chi connectivity index (χ3n) is 2.80. The molecule has 1 amide bonds. The fourth-order valence-corrected chi connectivity index (χ4v) is 1.91. The molecule has 2 unspecified atom stereocenters. The van der Waals surface area contributed by atoms with Crippen LogP contribution >= 0.6 is 0 Å². The Morgan fingerprint density at radius 3 is 2.73 bits per heavy atom. The second-order valence-electron chi connectivity index (χ2n) is 3.28. The minimum Gasteiger partial charge on any atom is -0.273 e. The number of carbonyl (C=O) groups excluding carboxylic acids is 1. The number of piperidine rings is 1. The Morgan fingerprint density at radius 2 is 2.18 bits per heavy atom. The standard InChI is InChI=1S/C7H10N2O2/c10-7-6-2-1-5(6)3-4-9(7)8-11/h5-6H,1-4H2. The molecular weight excluding hydrogens is 144 g/mol. The van der Waals surface area contributed by atoms with Crippen molar-refractivity contribution < 1.29 is 4.79 Å². The molecule has 60 valence electrons. The van der Waals surface area contributed by atoms with E-state index in [-0.39, 0.29) is 11.8 Å². The van der Waals surface area contributed by atoms with Crippen molar-refractivity contribution in [2.75, 3.05) is 6.54 Å². The average Bonchev–Trinajstić information content (AvgIpc) is 1.93. The highest BCUT2D eigenvalue weighted by Crippen LogP contribution is 2.41. The molecule has 0 aromatic carbocycles. The number of amides is 1. The van der Waals surface area contributed by atoms with Crippen LogP contribution in [0.2, 0.25) is 0 Å². The summed E-state index contributed by atoms with van der Waals surface area (Å²) >= 11 is 0. The van der Waals surface area contributed by atoms with Gasteiger partial charge >= 0.3 is 0 Å². The second-order valence-corrected chi connectivity index (χ2v) is 3.28. The molecule has 2 aliphatic rings. The number of nitrogens with zero attached hydrogens (tertiary/aromatic N) is 2. The van der Waals surface area contributed by atoms with Crippen LogP contribution in [0.15, 0.2) is 5.29 Å². The van der Waals surface area contributed by atoms with Gasteiger partial charge in [-0.25, -0.2) is 0 Å². The van der Waals surface area contributed by atoms with E-state index in [0.717, 1.165) is 24.3 Å². The van der Waals surface area contributed by atoms with Gasteiger partial charge < -0.3 is 0 Å². The molecule has 2 fully saturated rings. The van der Waals surface area contributed by atoms with Gasteiger partial charge in [-0.15, -0.1) is 4.91 Å². The molecule has 2 rings (SSSR count). The van der Waals surface area contributed by atoms with Crippen molar-refractivity contribution in [3.63, 3.8) is 0 Å². The predicted octanol–water partition coefficient (Wildman–Crippen LogP) is 0.926. The van der Waals surface area contributed by atoms with E-state index in [1.54, 1.807) is 0 Å². The lowest BCUT2D eigenvalue weighted by Crippen LogP contribution is -2.47. The molecule has 0 aromatic rings. The first-order chi connectivity index (χ1) is 5.33. The van der Waals surface area contributed by atoms with Crippen LogP contribution in [-0.4, -0.2) is 17.5 Å². The van der Waals surface area contributed by atoms with Gasteiger partial charge in [0, 0.05) is 12.5 Å². The molecule has 2 atom stereocenters. The maximum Gasteiger partial charge on any atom is 0.248 e. The van der Waals surface area contributed by atoms with E-state index in [1.807, 2.05) is 0 Å². The van der Waals surface area contributed by atoms with Crippen LogP contribution in [0.1, 0.15) is 19.3 Å². The van der Waals surface area contributed by atoms with Crippen LogP contribution < -0.4 is 0 Å². The minimum absolute atomic E-state index is 0.0532. The largest absolute Gasteiger partial charge is 0.273 e. The maximum atomic E-state index is 11.3. The molecule has 0 bridgehead atoms. The Hall–Kier alpha value is -0.930. The van der Waals surface area contributed by atoms with Gasteiger partial charge in [0.2, 0.25) is 5.91 Å². The molecule has 0 spiro atoms. The molecular formula is C7H10N2O2. The van der Waals surface area contributed by atoms with Crippen LogP contribution in [0.4, 0.5) is 0 Å². The summed E-state index contributed by atoms with van der Waals surface area (Å²) in [6, 6.07) is 0. The second kappa shape index (κ2) is 2.29. The fourth-order valence-electron chi connectivity index (χ4n) is 1.91. The molecule has 1 saturated carbocycles. The maximum absolute atomic E-state index is 11.3. The van der Waals surface area contributed by atoms with Gasteiger partial charge in [-0.1, -0.05) is 0 Å². The summed E-state index contributed by atoms with van der Waals surface area (Å²) in [4.78, 5) is 21.4. The first-order valence-corrected chi connectivity index (χ1v) is 3.97. The zero-order valence-electron chi connectivity index (χ0n) is 6.19. The first kappa shape index (κ1) is 6.76. The predicted molar refractivity (Wildman–Crippen MR) is 38.3 cm³/mol. The number of nitroso groups, excluding NO2 is 1. The molecule has 0 N–H and O–H groups in total. The van der Waals surface area contributed by atoms with Crippen molar-refractivity contribution in [2.45, 2.75) is 19.3 Å². The lowest BCUT2D eigenvalue weighted by Gasteiger charge is -2.41. The molecule has 1 aliphatic carbocycles. The Kier molecular flexibility index (Phi) is 1.41. The van der Waals surface area contributed by atoms with Crippen molar-refractivity contribution in [2.24, 2.45) is 17.1 Å². The quantitative estimate of drug-likeness (QED) is 0.527. The van der Waals surface area contributed by atoms with E-state index >= 15 is 0 Å². The molecule has 1 aliphatic heterocycles. The Balaban J connectivity index is 2.09. The summed E-state index contributed by atoms with van der Waals surface area (Å²) in [5, 5.41) is 3.75. The highest BCUT2D eigenvalue weighted by molar-refractivity contribution is 5.80. The summed E-state index contributed by atoms with van der Waals surface area (Å²) in [6.45, 7) is 0.531. The fraction of sp³-hybridized carbons (Fsp3) is 0.857. The van der Waals surface area contributed by atoms with Crippen molar-refractivity contribution in [3.8, 4) is 0 Å². The number of rotatable bonds is 1. The summed E-state index contributed by atoms with van der Waals surface area (Å²) in [5.74, 6) is 0.629. The molecule has 4 nitrogen and oxygen atoms in total. The van der Waals surface area contributed by atoms with Gasteiger partial charge in [-0.05, 0) is 25.2 Å². The molecule has 4 heteroatoms. The third kappa shape index (κ3) is 0.852. The summed E-state index contributed by atoms with van der Waals surface area (Å²) in [5.41, 5.74) is 0. The van der Waals surface area contributed by atoms with Gasteiger partial charge in [-0.2, -0.15) is 5.01 Å². The molecule has 11 heavy (non-hydrogen) atoms. The summed E-state index contributed by atoms with van der Waals surface area (Å²) in [6.07, 6.45) is 3.07. The van der Waals surface area contributed by atoms with Crippen LogP contribution in [0.3, 0.4) is 0 Å². The van der Waals surface area contributed by atoms with Crippen LogP contribution in [0.5, 0.6) is 0 Å². The number of carbonyl (C=O) groups is 1. The summed E-state index contributed by atoms with van der Waals surface area (Å²) < 4.78 is 0. The minimum atomic E-state index is -0.0532. The van der Waals surface area contributed by atoms with Crippen LogP contribution in [-0.2, 0) is 4.79 Å². The lowest BCUT2D eigenvalue weighted by molar-refractivity contribution is -0.146. The number of hydrogen-bond donors (Lipinski definition) is 0. The molecule has 1 heterocycles. The lowest BCUT2D eigenvalue weighted by atomic mass is 9.69. The SMILES string of the molecule is O=NN1CCC2CCC2C1=O. The van der Waals surface area contributed by atoms with Crippen molar-refractivity contribution in [3.05, 3.63) is 4.91 Å². The zero-order chi connectivity index (χ0) is 7.84. The van der Waals surface area contributed by atoms with E-state index in [4.69, 9.17) is 0 Å². The number of fused-ring (bicyclic) bond motifs is 1. The van der Waals surface area contributed by atoms with Crippen molar-refractivity contribution >= 4 is 5.91 Å². The highest BCUT2D eigenvalue weighted by Gasteiger charge is 2.42. The van der Waals surface area contributed by atoms with Crippen LogP contribution in [0.25, 0.3) is 0 Å². The number of hydrogen-bond acceptors (Lipinski definition) is 3. The zero-order valence-corrected chi connectivity index (χ0v) is 6.19. The normalized spacial score (nSPS) is 36.0. The van der Waals surface area contributed by atoms with Crippen LogP contribution in [0, 0.1) is 16.7 Å². The van der Waals surface area contributed by atoms with Gasteiger partial charge in [0.1, 0.15) is 0 Å². The first-order valence-electron chi connectivity index (χ1n) is 3.97. The molecule has 0 radical (unpaired) electrons. The monoisotopic (exact) mass is 154 g/mol. The van der Waals surface area contributed by atoms with E-state index in [2.05, 4.69) is 5.29 Å². The molecule has 1 saturated heterocycles. The van der Waals surface area contributed by atoms with Gasteiger partial charge in [0.15, 0.2) is 0 Å². The van der Waals surface area contributed by atoms with E-state index < -0.39 is 0 Å². The molecule has 0 aromatic heterocycles. The van der Waals surface area contributed by atoms with Crippen molar-refractivity contribution in [1.29, 1.82) is 0 Å². The topological polar surface area (TPSA) is 49.7 Å². The average molecular weight is 154 g/mol. The summed E-state index contributed by atoms with van der Waals surface area (Å²) in [7, 11) is 0. The third-order valence-corrected chi connectivity index (χ3v) is 2.80. The highest BCUT2D eigenvalue weighted by atomic mass is 16.3. The smallest absolute Gasteiger partial charge is 0.248 e. The van der Waals surface area contributed by atoms with Gasteiger partial charge in [-0.3, -0.25) is 4.79 Å². The Bertz CT molecular complexity index is 205. The van der Waals surface area contributed by atoms with Gasteiger partial charge in [0.25, 0.3) is 0 Å². The van der Waals surface area contributed by atoms with Crippen molar-refractivity contribution in [1.82, 2.24) is 5.01 Å². The Labute approximate surface area is 64.5 Å². The van der Waals surface area contributed by atoms with E-state index in [0.29, 0.717) is 12.5 Å². The van der Waals surface area contributed by atoms with E-state index in [1.165, 1.54) is 0 Å². The van der Waals surface area contributed by atoms with E-state index in [9.17, 15) is 9.70 Å².